The van der Waals surface area contributed by atoms with E-state index in [0.29, 0.717) is 18.7 Å². The highest BCUT2D eigenvalue weighted by atomic mass is 35.5. The molecule has 0 aromatic carbocycles. The Hall–Kier alpha value is -1.07. The summed E-state index contributed by atoms with van der Waals surface area (Å²) in [6, 6.07) is 0. The van der Waals surface area contributed by atoms with Gasteiger partial charge in [-0.3, -0.25) is 9.48 Å². The average Bonchev–Trinajstić information content (AvgIpc) is 2.52. The fraction of sp³-hybridized carbons (Fsp3) is 0.667. The number of halogens is 1. The summed E-state index contributed by atoms with van der Waals surface area (Å²) in [6.07, 6.45) is 0. The summed E-state index contributed by atoms with van der Waals surface area (Å²) in [7, 11) is 5.15. The molecule has 0 aliphatic rings. The second-order valence-electron chi connectivity index (χ2n) is 4.41. The molecule has 0 radical (unpaired) electrons. The van der Waals surface area contributed by atoms with Crippen molar-refractivity contribution in [2.75, 3.05) is 27.3 Å². The number of hydrogen-bond acceptors (Lipinski definition) is 3. The average molecular weight is 274 g/mol. The van der Waals surface area contributed by atoms with Gasteiger partial charge in [-0.05, 0) is 13.8 Å². The molecule has 1 atom stereocenters. The molecule has 18 heavy (non-hydrogen) atoms. The number of nitrogens with zero attached hydrogens (tertiary/aromatic N) is 3. The Balaban J connectivity index is 2.80. The van der Waals surface area contributed by atoms with Gasteiger partial charge < -0.3 is 9.64 Å². The predicted octanol–water partition coefficient (Wildman–Crippen LogP) is 1.36. The van der Waals surface area contributed by atoms with Gasteiger partial charge in [0.25, 0.3) is 5.91 Å². The van der Waals surface area contributed by atoms with Gasteiger partial charge in [-0.15, -0.1) is 11.6 Å². The van der Waals surface area contributed by atoms with Gasteiger partial charge in [0.05, 0.1) is 23.2 Å². The van der Waals surface area contributed by atoms with Crippen LogP contribution in [0.3, 0.4) is 0 Å². The minimum Gasteiger partial charge on any atom is -0.383 e. The van der Waals surface area contributed by atoms with Gasteiger partial charge in [-0.2, -0.15) is 5.10 Å². The lowest BCUT2D eigenvalue weighted by Crippen LogP contribution is -2.34. The molecule has 1 aromatic heterocycles. The lowest BCUT2D eigenvalue weighted by Gasteiger charge is -2.20. The van der Waals surface area contributed by atoms with Crippen molar-refractivity contribution in [3.05, 3.63) is 17.0 Å². The van der Waals surface area contributed by atoms with Crippen LogP contribution in [0.1, 0.15) is 21.7 Å². The van der Waals surface area contributed by atoms with Gasteiger partial charge in [0.1, 0.15) is 0 Å². The third-order valence-electron chi connectivity index (χ3n) is 2.89. The number of amides is 1. The first-order chi connectivity index (χ1) is 8.38. The fourth-order valence-electron chi connectivity index (χ4n) is 1.89. The maximum Gasteiger partial charge on any atom is 0.257 e. The molecule has 0 aliphatic heterocycles. The summed E-state index contributed by atoms with van der Waals surface area (Å²) in [5.41, 5.74) is 2.26. The van der Waals surface area contributed by atoms with Gasteiger partial charge in [-0.1, -0.05) is 0 Å². The molecule has 6 heteroatoms. The van der Waals surface area contributed by atoms with E-state index in [4.69, 9.17) is 16.3 Å². The van der Waals surface area contributed by atoms with E-state index in [-0.39, 0.29) is 11.3 Å². The molecule has 5 nitrogen and oxygen atoms in total. The van der Waals surface area contributed by atoms with Crippen molar-refractivity contribution >= 4 is 17.5 Å². The highest BCUT2D eigenvalue weighted by Crippen LogP contribution is 2.14. The highest BCUT2D eigenvalue weighted by molar-refractivity contribution is 6.21. The topological polar surface area (TPSA) is 47.4 Å². The standard InChI is InChI=1S/C12H20ClN3O2/c1-8-11(9(2)16(4)14-8)12(17)15(3)6-10(13)7-18-5/h10H,6-7H2,1-5H3. The van der Waals surface area contributed by atoms with Crippen LogP contribution in [-0.4, -0.2) is 53.3 Å². The normalized spacial score (nSPS) is 12.6. The molecule has 1 heterocycles. The summed E-state index contributed by atoms with van der Waals surface area (Å²) in [5.74, 6) is -0.0557. The number of carbonyl (C=O) groups is 1. The third-order valence-corrected chi connectivity index (χ3v) is 3.15. The summed E-state index contributed by atoms with van der Waals surface area (Å²) in [5, 5.41) is 4.03. The van der Waals surface area contributed by atoms with Crippen LogP contribution in [0, 0.1) is 13.8 Å². The van der Waals surface area contributed by atoms with Crippen LogP contribution < -0.4 is 0 Å². The zero-order chi connectivity index (χ0) is 13.9. The fourth-order valence-corrected chi connectivity index (χ4v) is 2.22. The number of aromatic nitrogens is 2. The lowest BCUT2D eigenvalue weighted by molar-refractivity contribution is 0.0780. The molecule has 102 valence electrons. The predicted molar refractivity (Wildman–Crippen MR) is 71.2 cm³/mol. The van der Waals surface area contributed by atoms with E-state index in [2.05, 4.69) is 5.10 Å². The first-order valence-electron chi connectivity index (χ1n) is 5.77. The van der Waals surface area contributed by atoms with Gasteiger partial charge in [0.2, 0.25) is 0 Å². The molecule has 0 fully saturated rings. The van der Waals surface area contributed by atoms with E-state index in [1.807, 2.05) is 20.9 Å². The third kappa shape index (κ3) is 3.23. The van der Waals surface area contributed by atoms with E-state index in [1.54, 1.807) is 23.7 Å². The molecule has 0 N–H and O–H groups in total. The number of rotatable bonds is 5. The molecule has 0 saturated carbocycles. The van der Waals surface area contributed by atoms with Crippen molar-refractivity contribution in [3.8, 4) is 0 Å². The molecule has 0 saturated heterocycles. The highest BCUT2D eigenvalue weighted by Gasteiger charge is 2.22. The maximum absolute atomic E-state index is 12.3. The monoisotopic (exact) mass is 273 g/mol. The summed E-state index contributed by atoms with van der Waals surface area (Å²) < 4.78 is 6.67. The molecule has 0 bridgehead atoms. The minimum atomic E-state index is -0.207. The van der Waals surface area contributed by atoms with E-state index in [9.17, 15) is 4.79 Å². The van der Waals surface area contributed by atoms with Gasteiger partial charge >= 0.3 is 0 Å². The van der Waals surface area contributed by atoms with Crippen LogP contribution in [0.15, 0.2) is 0 Å². The van der Waals surface area contributed by atoms with E-state index >= 15 is 0 Å². The SMILES string of the molecule is COCC(Cl)CN(C)C(=O)c1c(C)nn(C)c1C. The van der Waals surface area contributed by atoms with Gasteiger partial charge in [0.15, 0.2) is 0 Å². The Morgan fingerprint density at radius 2 is 2.17 bits per heavy atom. The molecular weight excluding hydrogens is 254 g/mol. The molecule has 0 spiro atoms. The molecule has 1 amide bonds. The second kappa shape index (κ2) is 6.20. The van der Waals surface area contributed by atoms with Crippen molar-refractivity contribution in [1.29, 1.82) is 0 Å². The van der Waals surface area contributed by atoms with Crippen LogP contribution in [0.25, 0.3) is 0 Å². The van der Waals surface area contributed by atoms with Gasteiger partial charge in [0, 0.05) is 33.4 Å². The van der Waals surface area contributed by atoms with E-state index < -0.39 is 0 Å². The quantitative estimate of drug-likeness (QED) is 0.761. The lowest BCUT2D eigenvalue weighted by atomic mass is 10.1. The number of hydrogen-bond donors (Lipinski definition) is 0. The van der Waals surface area contributed by atoms with Crippen LogP contribution >= 0.6 is 11.6 Å². The molecular formula is C12H20ClN3O2. The molecule has 1 rings (SSSR count). The smallest absolute Gasteiger partial charge is 0.257 e. The molecule has 1 unspecified atom stereocenters. The Labute approximate surface area is 113 Å². The van der Waals surface area contributed by atoms with Crippen molar-refractivity contribution in [2.45, 2.75) is 19.2 Å². The Morgan fingerprint density at radius 1 is 1.56 bits per heavy atom. The number of methoxy groups -OCH3 is 1. The number of alkyl halides is 1. The summed E-state index contributed by atoms with van der Waals surface area (Å²) >= 11 is 6.05. The first-order valence-corrected chi connectivity index (χ1v) is 6.20. The van der Waals surface area contributed by atoms with Crippen molar-refractivity contribution in [2.24, 2.45) is 7.05 Å². The van der Waals surface area contributed by atoms with E-state index in [0.717, 1.165) is 11.4 Å². The van der Waals surface area contributed by atoms with Crippen LogP contribution in [-0.2, 0) is 11.8 Å². The zero-order valence-electron chi connectivity index (χ0n) is 11.5. The number of carbonyl (C=O) groups excluding carboxylic acids is 1. The van der Waals surface area contributed by atoms with Crippen LogP contribution in [0.2, 0.25) is 0 Å². The van der Waals surface area contributed by atoms with Gasteiger partial charge in [-0.25, -0.2) is 0 Å². The Kier molecular flexibility index (Phi) is 5.16. The number of ether oxygens (including phenoxy) is 1. The second-order valence-corrected chi connectivity index (χ2v) is 5.02. The number of aryl methyl sites for hydroxylation is 2. The molecule has 0 aliphatic carbocycles. The first kappa shape index (κ1) is 15.0. The van der Waals surface area contributed by atoms with Crippen molar-refractivity contribution < 1.29 is 9.53 Å². The van der Waals surface area contributed by atoms with Crippen molar-refractivity contribution in [1.82, 2.24) is 14.7 Å². The Bertz CT molecular complexity index is 431. The Morgan fingerprint density at radius 3 is 2.61 bits per heavy atom. The summed E-state index contributed by atoms with van der Waals surface area (Å²) in [4.78, 5) is 13.9. The van der Waals surface area contributed by atoms with Crippen LogP contribution in [0.5, 0.6) is 0 Å². The van der Waals surface area contributed by atoms with Crippen molar-refractivity contribution in [3.63, 3.8) is 0 Å². The van der Waals surface area contributed by atoms with E-state index in [1.165, 1.54) is 0 Å². The van der Waals surface area contributed by atoms with Crippen LogP contribution in [0.4, 0.5) is 0 Å². The largest absolute Gasteiger partial charge is 0.383 e. The minimum absolute atomic E-state index is 0.0557. The molecule has 1 aromatic rings. The zero-order valence-corrected chi connectivity index (χ0v) is 12.3. The maximum atomic E-state index is 12.3. The summed E-state index contributed by atoms with van der Waals surface area (Å²) in [6.45, 7) is 4.59.